The first kappa shape index (κ1) is 45.8. The van der Waals surface area contributed by atoms with Crippen LogP contribution in [0.5, 0.6) is 0 Å². The second kappa shape index (κ2) is 33.3. The lowest BCUT2D eigenvalue weighted by atomic mass is 10.0. The maximum atomic E-state index is 12.5. The molecular formula is C39H75NO6S. The predicted octanol–water partition coefficient (Wildman–Crippen LogP) is 10.2. The molecule has 278 valence electrons. The van der Waals surface area contributed by atoms with Crippen LogP contribution in [0.15, 0.2) is 24.3 Å². The molecule has 0 saturated heterocycles. The fourth-order valence-corrected chi connectivity index (χ4v) is 6.73. The van der Waals surface area contributed by atoms with Crippen LogP contribution < -0.4 is 5.32 Å². The Hall–Kier alpha value is -1.22. The minimum absolute atomic E-state index is 0.0883. The molecule has 0 rings (SSSR count). The van der Waals surface area contributed by atoms with E-state index in [0.717, 1.165) is 25.7 Å². The molecule has 0 aliphatic heterocycles. The Balaban J connectivity index is 4.05. The molecule has 3 unspecified atom stereocenters. The highest BCUT2D eigenvalue weighted by atomic mass is 32.2. The molecule has 8 heteroatoms. The van der Waals surface area contributed by atoms with E-state index >= 15 is 0 Å². The van der Waals surface area contributed by atoms with Crippen molar-refractivity contribution in [3.05, 3.63) is 24.3 Å². The van der Waals surface area contributed by atoms with E-state index in [1.165, 1.54) is 128 Å². The van der Waals surface area contributed by atoms with Crippen LogP contribution >= 0.6 is 0 Å². The number of hydrogen-bond donors (Lipinski definition) is 4. The van der Waals surface area contributed by atoms with E-state index in [1.807, 2.05) is 6.08 Å². The average Bonchev–Trinajstić information content (AvgIpc) is 3.03. The molecule has 0 aromatic carbocycles. The number of allylic oxidation sites excluding steroid dienone is 3. The molecule has 7 nitrogen and oxygen atoms in total. The van der Waals surface area contributed by atoms with Crippen LogP contribution in [0.4, 0.5) is 0 Å². The minimum Gasteiger partial charge on any atom is -0.391 e. The fraction of sp³-hybridized carbons (Fsp3) is 0.872. The van der Waals surface area contributed by atoms with Crippen LogP contribution in [0.2, 0.25) is 0 Å². The monoisotopic (exact) mass is 686 g/mol. The van der Waals surface area contributed by atoms with Crippen LogP contribution in [0.1, 0.15) is 194 Å². The molecule has 0 spiro atoms. The normalized spacial score (nSPS) is 14.2. The number of rotatable bonds is 35. The van der Waals surface area contributed by atoms with Gasteiger partial charge in [-0.3, -0.25) is 9.35 Å². The Morgan fingerprint density at radius 2 is 1.00 bits per heavy atom. The van der Waals surface area contributed by atoms with Crippen molar-refractivity contribution in [2.75, 3.05) is 5.75 Å². The topological polar surface area (TPSA) is 124 Å². The Bertz CT molecular complexity index is 860. The molecule has 0 fully saturated rings. The number of amides is 1. The van der Waals surface area contributed by atoms with E-state index in [-0.39, 0.29) is 6.42 Å². The van der Waals surface area contributed by atoms with Crippen molar-refractivity contribution in [1.82, 2.24) is 5.32 Å². The number of carbonyl (C=O) groups excluding carboxylic acids is 1. The Labute approximate surface area is 290 Å². The highest BCUT2D eigenvalue weighted by molar-refractivity contribution is 7.85. The van der Waals surface area contributed by atoms with Gasteiger partial charge in [-0.15, -0.1) is 0 Å². The molecule has 0 aromatic rings. The maximum absolute atomic E-state index is 12.5. The molecule has 0 saturated carbocycles. The number of unbranched alkanes of at least 4 members (excludes halogenated alkanes) is 23. The number of nitrogens with one attached hydrogen (secondary N) is 1. The number of aliphatic hydroxyl groups excluding tert-OH is 2. The quantitative estimate of drug-likeness (QED) is 0.0299. The van der Waals surface area contributed by atoms with Crippen LogP contribution in [-0.2, 0) is 14.9 Å². The Morgan fingerprint density at radius 1 is 0.596 bits per heavy atom. The first-order chi connectivity index (χ1) is 22.7. The van der Waals surface area contributed by atoms with E-state index in [1.54, 1.807) is 6.08 Å². The summed E-state index contributed by atoms with van der Waals surface area (Å²) >= 11 is 0. The zero-order valence-electron chi connectivity index (χ0n) is 30.5. The van der Waals surface area contributed by atoms with E-state index in [2.05, 4.69) is 31.3 Å². The molecule has 3 atom stereocenters. The van der Waals surface area contributed by atoms with Crippen molar-refractivity contribution < 1.29 is 28.0 Å². The number of aliphatic hydroxyl groups is 2. The van der Waals surface area contributed by atoms with E-state index in [0.29, 0.717) is 19.3 Å². The second-order valence-corrected chi connectivity index (χ2v) is 15.2. The van der Waals surface area contributed by atoms with Gasteiger partial charge < -0.3 is 15.5 Å². The molecule has 0 radical (unpaired) electrons. The van der Waals surface area contributed by atoms with Crippen LogP contribution in [0, 0.1) is 0 Å². The fourth-order valence-electron chi connectivity index (χ4n) is 5.97. The van der Waals surface area contributed by atoms with Gasteiger partial charge in [0.1, 0.15) is 6.10 Å². The van der Waals surface area contributed by atoms with Gasteiger partial charge in [-0.05, 0) is 25.7 Å². The lowest BCUT2D eigenvalue weighted by Crippen LogP contribution is -2.50. The van der Waals surface area contributed by atoms with Crippen molar-refractivity contribution in [3.8, 4) is 0 Å². The van der Waals surface area contributed by atoms with Gasteiger partial charge in [-0.1, -0.05) is 186 Å². The van der Waals surface area contributed by atoms with Crippen molar-refractivity contribution in [2.45, 2.75) is 212 Å². The molecule has 1 amide bonds. The molecule has 0 heterocycles. The summed E-state index contributed by atoms with van der Waals surface area (Å²) in [6.07, 6.45) is 37.9. The zero-order valence-corrected chi connectivity index (χ0v) is 31.3. The number of carbonyl (C=O) groups is 1. The first-order valence-electron chi connectivity index (χ1n) is 19.6. The molecule has 4 N–H and O–H groups in total. The van der Waals surface area contributed by atoms with E-state index in [9.17, 15) is 28.0 Å². The van der Waals surface area contributed by atoms with Crippen molar-refractivity contribution in [1.29, 1.82) is 0 Å². The third-order valence-corrected chi connectivity index (χ3v) is 9.81. The van der Waals surface area contributed by atoms with Gasteiger partial charge in [-0.25, -0.2) is 0 Å². The summed E-state index contributed by atoms with van der Waals surface area (Å²) in [6.45, 7) is 4.48. The van der Waals surface area contributed by atoms with E-state index < -0.39 is 40.0 Å². The summed E-state index contributed by atoms with van der Waals surface area (Å²) in [7, 11) is -4.42. The summed E-state index contributed by atoms with van der Waals surface area (Å²) in [4.78, 5) is 12.5. The van der Waals surface area contributed by atoms with Gasteiger partial charge in [0.15, 0.2) is 0 Å². The Morgan fingerprint density at radius 3 is 1.45 bits per heavy atom. The van der Waals surface area contributed by atoms with Gasteiger partial charge in [0.05, 0.1) is 17.9 Å². The highest BCUT2D eigenvalue weighted by Crippen LogP contribution is 2.16. The molecule has 0 aliphatic carbocycles. The largest absolute Gasteiger partial charge is 0.391 e. The van der Waals surface area contributed by atoms with Crippen molar-refractivity contribution in [3.63, 3.8) is 0 Å². The summed E-state index contributed by atoms with van der Waals surface area (Å²) in [5, 5.41) is 23.4. The van der Waals surface area contributed by atoms with Crippen molar-refractivity contribution in [2.24, 2.45) is 0 Å². The van der Waals surface area contributed by atoms with E-state index in [4.69, 9.17) is 0 Å². The smallest absolute Gasteiger partial charge is 0.266 e. The zero-order chi connectivity index (χ0) is 34.9. The van der Waals surface area contributed by atoms with Gasteiger partial charge in [-0.2, -0.15) is 8.42 Å². The third-order valence-electron chi connectivity index (χ3n) is 9.03. The molecular weight excluding hydrogens is 610 g/mol. The molecule has 0 aliphatic rings. The van der Waals surface area contributed by atoms with Gasteiger partial charge in [0.25, 0.3) is 10.1 Å². The second-order valence-electron chi connectivity index (χ2n) is 13.7. The van der Waals surface area contributed by atoms with Crippen LogP contribution in [0.25, 0.3) is 0 Å². The lowest BCUT2D eigenvalue weighted by molar-refractivity contribution is -0.130. The standard InChI is InChI=1S/C39H75NO6S/c1-3-5-7-9-11-13-15-17-18-19-20-21-22-24-25-27-29-31-33-37(41)36(35-47(44,45)46)40-39(43)38(42)34-32-30-28-26-23-16-14-12-10-8-6-4-2/h23,26,30,32,36-38,41-42H,3-22,24-25,27-29,31,33-35H2,1-2H3,(H,40,43)(H,44,45,46)/b26-23-,32-30-. The predicted molar refractivity (Wildman–Crippen MR) is 199 cm³/mol. The SMILES string of the molecule is CCCCCCCC/C=C\C/C=C\CC(O)C(=O)NC(CS(=O)(=O)O)C(O)CCCCCCCCCCCCCCCCCCCC. The minimum atomic E-state index is -4.42. The molecule has 47 heavy (non-hydrogen) atoms. The van der Waals surface area contributed by atoms with Gasteiger partial charge in [0, 0.05) is 6.42 Å². The van der Waals surface area contributed by atoms with Crippen LogP contribution in [0.3, 0.4) is 0 Å². The molecule has 0 aromatic heterocycles. The van der Waals surface area contributed by atoms with Gasteiger partial charge >= 0.3 is 0 Å². The first-order valence-corrected chi connectivity index (χ1v) is 21.2. The molecule has 0 bridgehead atoms. The lowest BCUT2D eigenvalue weighted by Gasteiger charge is -2.24. The third kappa shape index (κ3) is 33.1. The summed E-state index contributed by atoms with van der Waals surface area (Å²) in [6, 6.07) is -1.17. The summed E-state index contributed by atoms with van der Waals surface area (Å²) in [5.41, 5.74) is 0. The highest BCUT2D eigenvalue weighted by Gasteiger charge is 2.28. The van der Waals surface area contributed by atoms with Crippen LogP contribution in [-0.4, -0.2) is 53.1 Å². The summed E-state index contributed by atoms with van der Waals surface area (Å²) in [5.74, 6) is -1.54. The van der Waals surface area contributed by atoms with Gasteiger partial charge in [0.2, 0.25) is 5.91 Å². The Kier molecular flexibility index (Phi) is 32.4. The maximum Gasteiger partial charge on any atom is 0.266 e. The van der Waals surface area contributed by atoms with Crippen molar-refractivity contribution >= 4 is 16.0 Å². The average molecular weight is 686 g/mol. The summed E-state index contributed by atoms with van der Waals surface area (Å²) < 4.78 is 32.5. The number of hydrogen-bond acceptors (Lipinski definition) is 5.